The topological polar surface area (TPSA) is 37.3 Å². The molecular formula is C11H8F2O2. The fourth-order valence-corrected chi connectivity index (χ4v) is 1.80. The summed E-state index contributed by atoms with van der Waals surface area (Å²) in [5, 5.41) is 8.58. The van der Waals surface area contributed by atoms with Crippen LogP contribution < -0.4 is 0 Å². The van der Waals surface area contributed by atoms with E-state index in [2.05, 4.69) is 0 Å². The highest BCUT2D eigenvalue weighted by Gasteiger charge is 2.19. The second kappa shape index (κ2) is 3.46. The predicted molar refractivity (Wildman–Crippen MR) is 50.3 cm³/mol. The van der Waals surface area contributed by atoms with Crippen LogP contribution in [0.3, 0.4) is 0 Å². The number of allylic oxidation sites excluding steroid dienone is 1. The fourth-order valence-electron chi connectivity index (χ4n) is 1.80. The molecule has 2 rings (SSSR count). The number of hydrogen-bond donors (Lipinski definition) is 1. The van der Waals surface area contributed by atoms with E-state index in [4.69, 9.17) is 5.11 Å². The number of carboxylic acid groups (broad SMARTS) is 1. The van der Waals surface area contributed by atoms with Crippen molar-refractivity contribution in [1.29, 1.82) is 0 Å². The second-order valence-corrected chi connectivity index (χ2v) is 3.43. The van der Waals surface area contributed by atoms with E-state index >= 15 is 0 Å². The maximum absolute atomic E-state index is 12.9. The molecule has 0 amide bonds. The molecule has 4 heteroatoms. The molecule has 1 aromatic carbocycles. The van der Waals surface area contributed by atoms with Gasteiger partial charge in [-0.1, -0.05) is 0 Å². The minimum absolute atomic E-state index is 0.510. The van der Waals surface area contributed by atoms with Crippen LogP contribution in [0.15, 0.2) is 18.2 Å². The summed E-state index contributed by atoms with van der Waals surface area (Å²) in [4.78, 5) is 10.5. The maximum Gasteiger partial charge on any atom is 0.328 e. The number of halogens is 2. The molecule has 0 aromatic heterocycles. The number of benzene rings is 1. The molecule has 0 fully saturated rings. The van der Waals surface area contributed by atoms with E-state index in [1.165, 1.54) is 0 Å². The van der Waals surface area contributed by atoms with Gasteiger partial charge in [0.15, 0.2) is 11.6 Å². The predicted octanol–water partition coefficient (Wildman–Crippen LogP) is 2.38. The average molecular weight is 210 g/mol. The van der Waals surface area contributed by atoms with Gasteiger partial charge in [0.2, 0.25) is 0 Å². The van der Waals surface area contributed by atoms with Crippen LogP contribution in [0.2, 0.25) is 0 Å². The molecular weight excluding hydrogens is 202 g/mol. The van der Waals surface area contributed by atoms with Crippen molar-refractivity contribution in [1.82, 2.24) is 0 Å². The molecule has 0 atom stereocenters. The first-order valence-corrected chi connectivity index (χ1v) is 4.49. The van der Waals surface area contributed by atoms with Crippen molar-refractivity contribution in [3.05, 3.63) is 41.0 Å². The third kappa shape index (κ3) is 1.75. The first kappa shape index (κ1) is 9.83. The van der Waals surface area contributed by atoms with Gasteiger partial charge in [-0.25, -0.2) is 13.6 Å². The summed E-state index contributed by atoms with van der Waals surface area (Å²) in [5.74, 6) is -2.89. The average Bonchev–Trinajstić information content (AvgIpc) is 2.49. The van der Waals surface area contributed by atoms with Crippen LogP contribution in [0.4, 0.5) is 8.78 Å². The summed E-state index contributed by atoms with van der Waals surface area (Å²) in [6.45, 7) is 0. The van der Waals surface area contributed by atoms with E-state index in [9.17, 15) is 13.6 Å². The lowest BCUT2D eigenvalue weighted by molar-refractivity contribution is -0.131. The van der Waals surface area contributed by atoms with Gasteiger partial charge in [0.25, 0.3) is 0 Å². The van der Waals surface area contributed by atoms with Crippen molar-refractivity contribution >= 4 is 11.5 Å². The van der Waals surface area contributed by atoms with E-state index in [1.807, 2.05) is 0 Å². The van der Waals surface area contributed by atoms with E-state index in [1.54, 1.807) is 0 Å². The van der Waals surface area contributed by atoms with Crippen molar-refractivity contribution < 1.29 is 18.7 Å². The first-order chi connectivity index (χ1) is 7.08. The Bertz CT molecular complexity index is 464. The molecule has 1 N–H and O–H groups in total. The summed E-state index contributed by atoms with van der Waals surface area (Å²) >= 11 is 0. The number of carbonyl (C=O) groups is 1. The number of aliphatic carboxylic acids is 1. The van der Waals surface area contributed by atoms with Crippen LogP contribution in [0.25, 0.3) is 5.57 Å². The monoisotopic (exact) mass is 210 g/mol. The Morgan fingerprint density at radius 3 is 2.60 bits per heavy atom. The molecule has 0 unspecified atom stereocenters. The molecule has 0 aliphatic heterocycles. The molecule has 1 aliphatic rings. The van der Waals surface area contributed by atoms with Crippen molar-refractivity contribution in [2.45, 2.75) is 12.8 Å². The van der Waals surface area contributed by atoms with Crippen LogP contribution in [0.5, 0.6) is 0 Å². The van der Waals surface area contributed by atoms with Crippen LogP contribution in [-0.4, -0.2) is 11.1 Å². The van der Waals surface area contributed by atoms with Crippen molar-refractivity contribution in [2.75, 3.05) is 0 Å². The Morgan fingerprint density at radius 2 is 1.93 bits per heavy atom. The molecule has 1 aromatic rings. The van der Waals surface area contributed by atoms with Crippen molar-refractivity contribution in [3.63, 3.8) is 0 Å². The zero-order valence-electron chi connectivity index (χ0n) is 7.76. The van der Waals surface area contributed by atoms with Crippen LogP contribution in [0, 0.1) is 11.6 Å². The molecule has 0 saturated carbocycles. The number of carboxylic acids is 1. The maximum atomic E-state index is 12.9. The third-order valence-corrected chi connectivity index (χ3v) is 2.45. The standard InChI is InChI=1S/C11H8F2O2/c12-9-3-6-1-2-7(4-11(14)15)8(6)5-10(9)13/h3-5H,1-2H2,(H,14,15). The smallest absolute Gasteiger partial charge is 0.328 e. The van der Waals surface area contributed by atoms with Crippen LogP contribution in [0.1, 0.15) is 17.5 Å². The highest BCUT2D eigenvalue weighted by atomic mass is 19.2. The number of hydrogen-bond acceptors (Lipinski definition) is 1. The van der Waals surface area contributed by atoms with Crippen molar-refractivity contribution in [3.8, 4) is 0 Å². The summed E-state index contributed by atoms with van der Waals surface area (Å²) in [6, 6.07) is 2.19. The van der Waals surface area contributed by atoms with Gasteiger partial charge in [-0.05, 0) is 41.7 Å². The summed E-state index contributed by atoms with van der Waals surface area (Å²) < 4.78 is 25.8. The Balaban J connectivity index is 2.51. The highest BCUT2D eigenvalue weighted by Crippen LogP contribution is 2.33. The van der Waals surface area contributed by atoms with Gasteiger partial charge in [0, 0.05) is 6.08 Å². The molecule has 15 heavy (non-hydrogen) atoms. The van der Waals surface area contributed by atoms with Gasteiger partial charge in [0.05, 0.1) is 0 Å². The zero-order chi connectivity index (χ0) is 11.0. The number of fused-ring (bicyclic) bond motifs is 1. The summed E-state index contributed by atoms with van der Waals surface area (Å²) in [5.41, 5.74) is 1.73. The first-order valence-electron chi connectivity index (χ1n) is 4.49. The van der Waals surface area contributed by atoms with E-state index in [0.717, 1.165) is 18.2 Å². The second-order valence-electron chi connectivity index (χ2n) is 3.43. The molecule has 2 nitrogen and oxygen atoms in total. The molecule has 0 bridgehead atoms. The van der Waals surface area contributed by atoms with Gasteiger partial charge in [-0.3, -0.25) is 0 Å². The Hall–Kier alpha value is -1.71. The highest BCUT2D eigenvalue weighted by molar-refractivity contribution is 5.91. The minimum atomic E-state index is -1.07. The molecule has 78 valence electrons. The zero-order valence-corrected chi connectivity index (χ0v) is 7.76. The van der Waals surface area contributed by atoms with Gasteiger partial charge in [-0.15, -0.1) is 0 Å². The lowest BCUT2D eigenvalue weighted by Crippen LogP contribution is -1.92. The van der Waals surface area contributed by atoms with Crippen LogP contribution >= 0.6 is 0 Å². The fraction of sp³-hybridized carbons (Fsp3) is 0.182. The van der Waals surface area contributed by atoms with E-state index in [-0.39, 0.29) is 0 Å². The summed E-state index contributed by atoms with van der Waals surface area (Å²) in [7, 11) is 0. The largest absolute Gasteiger partial charge is 0.478 e. The van der Waals surface area contributed by atoms with Gasteiger partial charge in [0.1, 0.15) is 0 Å². The molecule has 0 saturated heterocycles. The molecule has 0 radical (unpaired) electrons. The molecule has 0 heterocycles. The van der Waals surface area contributed by atoms with E-state index < -0.39 is 17.6 Å². The van der Waals surface area contributed by atoms with Gasteiger partial charge >= 0.3 is 5.97 Å². The third-order valence-electron chi connectivity index (χ3n) is 2.45. The Kier molecular flexibility index (Phi) is 2.26. The van der Waals surface area contributed by atoms with Crippen molar-refractivity contribution in [2.24, 2.45) is 0 Å². The lowest BCUT2D eigenvalue weighted by atomic mass is 10.1. The SMILES string of the molecule is O=C(O)C=C1CCc2cc(F)c(F)cc21. The number of rotatable bonds is 1. The van der Waals surface area contributed by atoms with Gasteiger partial charge < -0.3 is 5.11 Å². The number of aryl methyl sites for hydroxylation is 1. The minimum Gasteiger partial charge on any atom is -0.478 e. The van der Waals surface area contributed by atoms with Crippen LogP contribution in [-0.2, 0) is 11.2 Å². The molecule has 0 spiro atoms. The Morgan fingerprint density at radius 1 is 1.27 bits per heavy atom. The van der Waals surface area contributed by atoms with Gasteiger partial charge in [-0.2, -0.15) is 0 Å². The summed E-state index contributed by atoms with van der Waals surface area (Å²) in [6.07, 6.45) is 2.12. The van der Waals surface area contributed by atoms with E-state index in [0.29, 0.717) is 29.5 Å². The molecule has 1 aliphatic carbocycles. The lowest BCUT2D eigenvalue weighted by Gasteiger charge is -2.01. The normalized spacial score (nSPS) is 16.8. The quantitative estimate of drug-likeness (QED) is 0.722. The Labute approximate surface area is 84.8 Å².